The van der Waals surface area contributed by atoms with Crippen LogP contribution in [0.5, 0.6) is 0 Å². The lowest BCUT2D eigenvalue weighted by molar-refractivity contribution is -0.149. The summed E-state index contributed by atoms with van der Waals surface area (Å²) in [5, 5.41) is 0. The third kappa shape index (κ3) is 2.87. The van der Waals surface area contributed by atoms with Crippen molar-refractivity contribution in [2.24, 2.45) is 5.92 Å². The minimum atomic E-state index is -0.229. The molecule has 0 aliphatic rings. The highest BCUT2D eigenvalue weighted by molar-refractivity contribution is 5.66. The van der Waals surface area contributed by atoms with E-state index in [1.807, 2.05) is 44.2 Å². The van der Waals surface area contributed by atoms with Gasteiger partial charge in [-0.1, -0.05) is 44.2 Å². The van der Waals surface area contributed by atoms with E-state index in [1.54, 1.807) is 0 Å². The lowest BCUT2D eigenvalue weighted by atomic mass is 9.99. The molecule has 0 fully saturated rings. The maximum Gasteiger partial charge on any atom is 0.303 e. The number of hydrogen-bond acceptors (Lipinski definition) is 2. The molecule has 1 aromatic carbocycles. The second-order valence-corrected chi connectivity index (χ2v) is 3.68. The first-order valence-electron chi connectivity index (χ1n) is 4.83. The van der Waals surface area contributed by atoms with Crippen LogP contribution in [0.15, 0.2) is 30.3 Å². The smallest absolute Gasteiger partial charge is 0.303 e. The zero-order valence-electron chi connectivity index (χ0n) is 8.86. The first kappa shape index (κ1) is 10.8. The van der Waals surface area contributed by atoms with Gasteiger partial charge in [0.15, 0.2) is 0 Å². The average molecular weight is 192 g/mol. The predicted molar refractivity (Wildman–Crippen MR) is 55.8 cm³/mol. The predicted octanol–water partition coefficient (Wildman–Crippen LogP) is 2.95. The van der Waals surface area contributed by atoms with Gasteiger partial charge in [-0.3, -0.25) is 4.79 Å². The summed E-state index contributed by atoms with van der Waals surface area (Å²) < 4.78 is 5.26. The molecule has 0 aliphatic heterocycles. The van der Waals surface area contributed by atoms with Gasteiger partial charge in [0.1, 0.15) is 6.10 Å². The SMILES string of the molecule is CC(=O)O[C@@H](c1ccccc1)C(C)C. The number of benzene rings is 1. The van der Waals surface area contributed by atoms with Gasteiger partial charge in [0.05, 0.1) is 0 Å². The summed E-state index contributed by atoms with van der Waals surface area (Å²) in [6.07, 6.45) is -0.131. The van der Waals surface area contributed by atoms with Crippen molar-refractivity contribution in [1.29, 1.82) is 0 Å². The van der Waals surface area contributed by atoms with E-state index in [-0.39, 0.29) is 12.1 Å². The highest BCUT2D eigenvalue weighted by Gasteiger charge is 2.17. The van der Waals surface area contributed by atoms with Crippen LogP contribution in [0.25, 0.3) is 0 Å². The van der Waals surface area contributed by atoms with Crippen molar-refractivity contribution in [2.75, 3.05) is 0 Å². The molecule has 14 heavy (non-hydrogen) atoms. The van der Waals surface area contributed by atoms with Crippen molar-refractivity contribution in [3.63, 3.8) is 0 Å². The molecule has 1 atom stereocenters. The molecule has 0 aromatic heterocycles. The molecule has 0 spiro atoms. The van der Waals surface area contributed by atoms with Gasteiger partial charge in [-0.25, -0.2) is 0 Å². The van der Waals surface area contributed by atoms with Gasteiger partial charge < -0.3 is 4.74 Å². The molecule has 2 heteroatoms. The summed E-state index contributed by atoms with van der Waals surface area (Å²) in [7, 11) is 0. The normalized spacial score (nSPS) is 12.6. The van der Waals surface area contributed by atoms with Crippen LogP contribution in [0, 0.1) is 5.92 Å². The lowest BCUT2D eigenvalue weighted by Crippen LogP contribution is -2.14. The second kappa shape index (κ2) is 4.80. The summed E-state index contributed by atoms with van der Waals surface area (Å²) in [6.45, 7) is 5.53. The Bertz CT molecular complexity index is 290. The molecule has 0 radical (unpaired) electrons. The topological polar surface area (TPSA) is 26.3 Å². The summed E-state index contributed by atoms with van der Waals surface area (Å²) >= 11 is 0. The molecule has 0 aliphatic carbocycles. The van der Waals surface area contributed by atoms with E-state index in [4.69, 9.17) is 4.74 Å². The minimum Gasteiger partial charge on any atom is -0.457 e. The summed E-state index contributed by atoms with van der Waals surface area (Å²) in [4.78, 5) is 10.9. The molecule has 1 rings (SSSR count). The first-order valence-corrected chi connectivity index (χ1v) is 4.83. The number of rotatable bonds is 3. The molecule has 0 amide bonds. The van der Waals surface area contributed by atoms with Crippen LogP contribution in [0.2, 0.25) is 0 Å². The van der Waals surface area contributed by atoms with Crippen LogP contribution < -0.4 is 0 Å². The van der Waals surface area contributed by atoms with Gasteiger partial charge in [0.2, 0.25) is 0 Å². The third-order valence-electron chi connectivity index (χ3n) is 2.03. The Labute approximate surface area is 84.9 Å². The van der Waals surface area contributed by atoms with Crippen molar-refractivity contribution in [2.45, 2.75) is 26.9 Å². The van der Waals surface area contributed by atoms with E-state index in [1.165, 1.54) is 6.92 Å². The van der Waals surface area contributed by atoms with Crippen molar-refractivity contribution in [1.82, 2.24) is 0 Å². The second-order valence-electron chi connectivity index (χ2n) is 3.68. The summed E-state index contributed by atoms with van der Waals surface area (Å²) in [5.41, 5.74) is 1.05. The largest absolute Gasteiger partial charge is 0.457 e. The fraction of sp³-hybridized carbons (Fsp3) is 0.417. The van der Waals surface area contributed by atoms with Crippen molar-refractivity contribution >= 4 is 5.97 Å². The van der Waals surface area contributed by atoms with Crippen molar-refractivity contribution in [3.05, 3.63) is 35.9 Å². The number of esters is 1. The summed E-state index contributed by atoms with van der Waals surface area (Å²) in [5.74, 6) is 0.0638. The first-order chi connectivity index (χ1) is 6.61. The fourth-order valence-corrected chi connectivity index (χ4v) is 1.41. The number of carbonyl (C=O) groups excluding carboxylic acids is 1. The average Bonchev–Trinajstić information content (AvgIpc) is 2.15. The Morgan fingerprint density at radius 2 is 1.79 bits per heavy atom. The van der Waals surface area contributed by atoms with E-state index in [9.17, 15) is 4.79 Å². The molecule has 0 unspecified atom stereocenters. The van der Waals surface area contributed by atoms with Gasteiger partial charge in [-0.05, 0) is 11.5 Å². The van der Waals surface area contributed by atoms with Gasteiger partial charge in [0, 0.05) is 6.92 Å². The minimum absolute atomic E-state index is 0.131. The molecule has 0 bridgehead atoms. The van der Waals surface area contributed by atoms with Crippen LogP contribution in [0.4, 0.5) is 0 Å². The maximum atomic E-state index is 10.9. The Balaban J connectivity index is 2.83. The Morgan fingerprint density at radius 1 is 1.21 bits per heavy atom. The van der Waals surface area contributed by atoms with E-state index in [2.05, 4.69) is 0 Å². The molecule has 0 saturated heterocycles. The Hall–Kier alpha value is -1.31. The molecule has 0 N–H and O–H groups in total. The molecule has 76 valence electrons. The Kier molecular flexibility index (Phi) is 3.69. The molecule has 0 saturated carbocycles. The molecular weight excluding hydrogens is 176 g/mol. The van der Waals surface area contributed by atoms with Crippen molar-refractivity contribution < 1.29 is 9.53 Å². The molecular formula is C12H16O2. The van der Waals surface area contributed by atoms with Crippen LogP contribution in [-0.2, 0) is 9.53 Å². The molecule has 1 aromatic rings. The van der Waals surface area contributed by atoms with E-state index in [0.29, 0.717) is 5.92 Å². The monoisotopic (exact) mass is 192 g/mol. The highest BCUT2D eigenvalue weighted by Crippen LogP contribution is 2.25. The standard InChI is InChI=1S/C12H16O2/c1-9(2)12(14-10(3)13)11-7-5-4-6-8-11/h4-9,12H,1-3H3/t12-/m1/s1. The number of ether oxygens (including phenoxy) is 1. The number of hydrogen-bond donors (Lipinski definition) is 0. The van der Waals surface area contributed by atoms with Crippen LogP contribution >= 0.6 is 0 Å². The van der Waals surface area contributed by atoms with E-state index in [0.717, 1.165) is 5.56 Å². The zero-order chi connectivity index (χ0) is 10.6. The van der Waals surface area contributed by atoms with Gasteiger partial charge in [0.25, 0.3) is 0 Å². The van der Waals surface area contributed by atoms with Crippen LogP contribution in [0.1, 0.15) is 32.4 Å². The lowest BCUT2D eigenvalue weighted by Gasteiger charge is -2.20. The molecule has 0 heterocycles. The fourth-order valence-electron chi connectivity index (χ4n) is 1.41. The van der Waals surface area contributed by atoms with Gasteiger partial charge >= 0.3 is 5.97 Å². The van der Waals surface area contributed by atoms with Gasteiger partial charge in [-0.2, -0.15) is 0 Å². The zero-order valence-corrected chi connectivity index (χ0v) is 8.86. The Morgan fingerprint density at radius 3 is 2.21 bits per heavy atom. The summed E-state index contributed by atoms with van der Waals surface area (Å²) in [6, 6.07) is 9.82. The van der Waals surface area contributed by atoms with E-state index < -0.39 is 0 Å². The maximum absolute atomic E-state index is 10.9. The van der Waals surface area contributed by atoms with Crippen LogP contribution in [-0.4, -0.2) is 5.97 Å². The van der Waals surface area contributed by atoms with Gasteiger partial charge in [-0.15, -0.1) is 0 Å². The quantitative estimate of drug-likeness (QED) is 0.688. The number of carbonyl (C=O) groups is 1. The van der Waals surface area contributed by atoms with Crippen LogP contribution in [0.3, 0.4) is 0 Å². The van der Waals surface area contributed by atoms with Crippen molar-refractivity contribution in [3.8, 4) is 0 Å². The molecule has 2 nitrogen and oxygen atoms in total. The third-order valence-corrected chi connectivity index (χ3v) is 2.03. The van der Waals surface area contributed by atoms with E-state index >= 15 is 0 Å². The highest BCUT2D eigenvalue weighted by atomic mass is 16.5.